The number of aryl methyl sites for hydroxylation is 1. The van der Waals surface area contributed by atoms with Crippen molar-refractivity contribution in [3.63, 3.8) is 0 Å². The van der Waals surface area contributed by atoms with E-state index in [0.29, 0.717) is 23.6 Å². The summed E-state index contributed by atoms with van der Waals surface area (Å²) < 4.78 is 48.4. The third-order valence-corrected chi connectivity index (χ3v) is 3.97. The van der Waals surface area contributed by atoms with Crippen molar-refractivity contribution < 1.29 is 22.6 Å². The molecule has 0 unspecified atom stereocenters. The van der Waals surface area contributed by atoms with Crippen LogP contribution in [0.3, 0.4) is 0 Å². The van der Waals surface area contributed by atoms with E-state index in [1.807, 2.05) is 6.92 Å². The smallest absolute Gasteiger partial charge is 0.387 e. The van der Waals surface area contributed by atoms with Gasteiger partial charge >= 0.3 is 6.61 Å². The van der Waals surface area contributed by atoms with Gasteiger partial charge in [0.15, 0.2) is 5.96 Å². The number of nitrogens with one attached hydrogen (secondary N) is 2. The van der Waals surface area contributed by atoms with Gasteiger partial charge in [-0.25, -0.2) is 4.39 Å². The van der Waals surface area contributed by atoms with Crippen molar-refractivity contribution in [2.24, 2.45) is 4.99 Å². The van der Waals surface area contributed by atoms with Crippen LogP contribution in [0.5, 0.6) is 5.75 Å². The van der Waals surface area contributed by atoms with Gasteiger partial charge in [-0.2, -0.15) is 8.78 Å². The molecule has 2 rings (SSSR count). The first-order valence-electron chi connectivity index (χ1n) is 8.68. The van der Waals surface area contributed by atoms with E-state index in [0.717, 1.165) is 11.1 Å². The summed E-state index contributed by atoms with van der Waals surface area (Å²) in [4.78, 5) is 4.11. The van der Waals surface area contributed by atoms with Crippen molar-refractivity contribution in [3.05, 3.63) is 64.5 Å². The summed E-state index contributed by atoms with van der Waals surface area (Å²) in [5.74, 6) is 0.271. The fourth-order valence-corrected chi connectivity index (χ4v) is 2.65. The maximum absolute atomic E-state index is 13.7. The van der Waals surface area contributed by atoms with Crippen molar-refractivity contribution in [3.8, 4) is 5.75 Å². The number of hydrogen-bond acceptors (Lipinski definition) is 3. The van der Waals surface area contributed by atoms with Gasteiger partial charge in [0.2, 0.25) is 0 Å². The molecule has 0 saturated carbocycles. The minimum absolute atomic E-state index is 0. The van der Waals surface area contributed by atoms with Gasteiger partial charge in [0.1, 0.15) is 11.6 Å². The van der Waals surface area contributed by atoms with Crippen LogP contribution in [0, 0.1) is 12.7 Å². The van der Waals surface area contributed by atoms with E-state index in [2.05, 4.69) is 20.4 Å². The van der Waals surface area contributed by atoms with E-state index < -0.39 is 6.61 Å². The summed E-state index contributed by atoms with van der Waals surface area (Å²) in [5, 5.41) is 6.17. The van der Waals surface area contributed by atoms with Crippen LogP contribution in [0.15, 0.2) is 41.4 Å². The summed E-state index contributed by atoms with van der Waals surface area (Å²) in [6, 6.07) is 9.78. The molecule has 5 nitrogen and oxygen atoms in total. The molecule has 0 aliphatic rings. The van der Waals surface area contributed by atoms with E-state index in [1.165, 1.54) is 19.2 Å². The molecule has 160 valence electrons. The maximum atomic E-state index is 13.7. The van der Waals surface area contributed by atoms with Gasteiger partial charge in [-0.3, -0.25) is 4.99 Å². The Balaban J connectivity index is 0.00000420. The van der Waals surface area contributed by atoms with Gasteiger partial charge < -0.3 is 20.1 Å². The molecule has 2 aromatic carbocycles. The van der Waals surface area contributed by atoms with E-state index in [9.17, 15) is 13.2 Å². The van der Waals surface area contributed by atoms with E-state index in [-0.39, 0.29) is 48.7 Å². The Hall–Kier alpha value is -2.01. The van der Waals surface area contributed by atoms with Gasteiger partial charge in [0.25, 0.3) is 0 Å². The molecule has 0 fully saturated rings. The van der Waals surface area contributed by atoms with E-state index in [1.54, 1.807) is 31.3 Å². The Bertz CT molecular complexity index is 820. The van der Waals surface area contributed by atoms with Crippen LogP contribution in [-0.2, 0) is 24.4 Å². The van der Waals surface area contributed by atoms with Gasteiger partial charge in [-0.05, 0) is 30.7 Å². The van der Waals surface area contributed by atoms with Crippen LogP contribution in [0.25, 0.3) is 0 Å². The normalized spacial score (nSPS) is 11.2. The minimum atomic E-state index is -2.89. The zero-order chi connectivity index (χ0) is 20.5. The van der Waals surface area contributed by atoms with Crippen LogP contribution >= 0.6 is 24.0 Å². The highest BCUT2D eigenvalue weighted by molar-refractivity contribution is 14.0. The highest BCUT2D eigenvalue weighted by atomic mass is 127. The first-order chi connectivity index (χ1) is 13.4. The molecule has 0 bridgehead atoms. The molecule has 0 spiro atoms. The number of alkyl halides is 2. The zero-order valence-electron chi connectivity index (χ0n) is 16.5. The van der Waals surface area contributed by atoms with Crippen molar-refractivity contribution in [2.75, 3.05) is 14.2 Å². The second-order valence-electron chi connectivity index (χ2n) is 6.13. The third kappa shape index (κ3) is 8.09. The van der Waals surface area contributed by atoms with Crippen molar-refractivity contribution >= 4 is 29.9 Å². The fraction of sp³-hybridized carbons (Fsp3) is 0.350. The number of benzene rings is 2. The van der Waals surface area contributed by atoms with Crippen LogP contribution in [0.1, 0.15) is 22.3 Å². The molecule has 0 atom stereocenters. The Labute approximate surface area is 185 Å². The van der Waals surface area contributed by atoms with Gasteiger partial charge in [0, 0.05) is 38.4 Å². The van der Waals surface area contributed by atoms with Crippen LogP contribution in [0.4, 0.5) is 13.2 Å². The molecule has 0 aliphatic heterocycles. The Morgan fingerprint density at radius 1 is 1.07 bits per heavy atom. The van der Waals surface area contributed by atoms with Crippen molar-refractivity contribution in [2.45, 2.75) is 33.2 Å². The summed E-state index contributed by atoms with van der Waals surface area (Å²) in [6.45, 7) is -0.173. The Kier molecular flexibility index (Phi) is 10.8. The predicted molar refractivity (Wildman–Crippen MR) is 117 cm³/mol. The second kappa shape index (κ2) is 12.5. The van der Waals surface area contributed by atoms with Crippen molar-refractivity contribution in [1.82, 2.24) is 10.6 Å². The lowest BCUT2D eigenvalue weighted by Crippen LogP contribution is -2.36. The van der Waals surface area contributed by atoms with E-state index in [4.69, 9.17) is 4.74 Å². The monoisotopic (exact) mass is 523 g/mol. The molecule has 0 aromatic heterocycles. The molecule has 2 aromatic rings. The molecular formula is C20H25F3IN3O2. The number of hydrogen-bond donors (Lipinski definition) is 2. The molecule has 0 amide bonds. The SMILES string of the molecule is CN=C(NCc1ccc(F)c(COC)c1)NCc1cc(C)ccc1OC(F)F.I. The average Bonchev–Trinajstić information content (AvgIpc) is 2.66. The maximum Gasteiger partial charge on any atom is 0.387 e. The molecule has 0 aliphatic carbocycles. The fourth-order valence-electron chi connectivity index (χ4n) is 2.65. The number of methoxy groups -OCH3 is 1. The number of aliphatic imine (C=N–C) groups is 1. The van der Waals surface area contributed by atoms with Crippen LogP contribution < -0.4 is 15.4 Å². The largest absolute Gasteiger partial charge is 0.434 e. The number of guanidine groups is 1. The third-order valence-electron chi connectivity index (χ3n) is 3.97. The number of nitrogens with zero attached hydrogens (tertiary/aromatic N) is 1. The molecule has 0 saturated heterocycles. The lowest BCUT2D eigenvalue weighted by Gasteiger charge is -2.15. The highest BCUT2D eigenvalue weighted by Crippen LogP contribution is 2.22. The van der Waals surface area contributed by atoms with Gasteiger partial charge in [0.05, 0.1) is 6.61 Å². The number of ether oxygens (including phenoxy) is 2. The predicted octanol–water partition coefficient (Wildman–Crippen LogP) is 4.37. The summed E-state index contributed by atoms with van der Waals surface area (Å²) in [6.07, 6.45) is 0. The van der Waals surface area contributed by atoms with Crippen molar-refractivity contribution in [1.29, 1.82) is 0 Å². The number of rotatable bonds is 8. The zero-order valence-corrected chi connectivity index (χ0v) is 18.8. The second-order valence-corrected chi connectivity index (χ2v) is 6.13. The molecular weight excluding hydrogens is 498 g/mol. The van der Waals surface area contributed by atoms with E-state index >= 15 is 0 Å². The molecule has 2 N–H and O–H groups in total. The summed E-state index contributed by atoms with van der Waals surface area (Å²) in [7, 11) is 3.11. The Morgan fingerprint density at radius 3 is 2.45 bits per heavy atom. The lowest BCUT2D eigenvalue weighted by atomic mass is 10.1. The van der Waals surface area contributed by atoms with Crippen LogP contribution in [0.2, 0.25) is 0 Å². The quantitative estimate of drug-likeness (QED) is 0.307. The molecule has 9 heteroatoms. The highest BCUT2D eigenvalue weighted by Gasteiger charge is 2.11. The van der Waals surface area contributed by atoms with Gasteiger partial charge in [-0.15, -0.1) is 24.0 Å². The standard InChI is InChI=1S/C20H24F3N3O2.HI/c1-13-4-7-18(28-19(22)23)15(8-13)11-26-20(24-2)25-10-14-5-6-17(21)16(9-14)12-27-3;/h4-9,19H,10-12H2,1-3H3,(H2,24,25,26);1H. The summed E-state index contributed by atoms with van der Waals surface area (Å²) in [5.41, 5.74) is 2.85. The van der Waals surface area contributed by atoms with Gasteiger partial charge in [-0.1, -0.05) is 23.8 Å². The topological polar surface area (TPSA) is 54.9 Å². The molecule has 0 radical (unpaired) electrons. The average molecular weight is 523 g/mol. The first-order valence-corrected chi connectivity index (χ1v) is 8.68. The van der Waals surface area contributed by atoms with Crippen LogP contribution in [-0.4, -0.2) is 26.7 Å². The number of halogens is 4. The molecule has 29 heavy (non-hydrogen) atoms. The summed E-state index contributed by atoms with van der Waals surface area (Å²) >= 11 is 0. The first kappa shape index (κ1) is 25.0. The molecule has 0 heterocycles. The lowest BCUT2D eigenvalue weighted by molar-refractivity contribution is -0.0504. The Morgan fingerprint density at radius 2 is 1.79 bits per heavy atom. The minimum Gasteiger partial charge on any atom is -0.434 e.